The maximum absolute atomic E-state index is 13.7. The summed E-state index contributed by atoms with van der Waals surface area (Å²) in [6.07, 6.45) is 3.50. The fourth-order valence-corrected chi connectivity index (χ4v) is 3.08. The highest BCUT2D eigenvalue weighted by Gasteiger charge is 2.21. The fourth-order valence-electron chi connectivity index (χ4n) is 2.09. The molecular weight excluding hydrogens is 292 g/mol. The summed E-state index contributed by atoms with van der Waals surface area (Å²) >= 11 is 1.50. The van der Waals surface area contributed by atoms with Crippen LogP contribution >= 0.6 is 11.8 Å². The van der Waals surface area contributed by atoms with E-state index in [4.69, 9.17) is 0 Å². The molecular formula is C15H13F2N3S. The molecule has 1 aromatic heterocycles. The number of benzene rings is 1. The van der Waals surface area contributed by atoms with Gasteiger partial charge in [-0.2, -0.15) is 0 Å². The zero-order valence-corrected chi connectivity index (χ0v) is 12.0. The number of amidine groups is 1. The van der Waals surface area contributed by atoms with Gasteiger partial charge < -0.3 is 4.90 Å². The number of pyridine rings is 1. The van der Waals surface area contributed by atoms with E-state index < -0.39 is 11.6 Å². The Morgan fingerprint density at radius 1 is 1.19 bits per heavy atom. The number of thioether (sulfide) groups is 1. The van der Waals surface area contributed by atoms with E-state index in [0.29, 0.717) is 11.7 Å². The molecule has 0 aliphatic carbocycles. The number of aromatic nitrogens is 1. The Bertz CT molecular complexity index is 641. The van der Waals surface area contributed by atoms with Crippen molar-refractivity contribution >= 4 is 22.6 Å². The Hall–Kier alpha value is -1.95. The Labute approximate surface area is 125 Å². The first kappa shape index (κ1) is 14.0. The van der Waals surface area contributed by atoms with Crippen LogP contribution in [0.2, 0.25) is 0 Å². The molecule has 0 unspecified atom stereocenters. The number of hydrogen-bond donors (Lipinski definition) is 0. The summed E-state index contributed by atoms with van der Waals surface area (Å²) in [4.78, 5) is 10.2. The molecule has 0 atom stereocenters. The van der Waals surface area contributed by atoms with Gasteiger partial charge >= 0.3 is 0 Å². The van der Waals surface area contributed by atoms with E-state index in [2.05, 4.69) is 9.98 Å². The Kier molecular flexibility index (Phi) is 4.15. The second-order valence-electron chi connectivity index (χ2n) is 4.60. The first-order valence-electron chi connectivity index (χ1n) is 6.53. The van der Waals surface area contributed by atoms with Gasteiger partial charge in [0.05, 0.1) is 0 Å². The lowest BCUT2D eigenvalue weighted by atomic mass is 10.3. The zero-order chi connectivity index (χ0) is 14.7. The molecule has 1 aromatic carbocycles. The predicted octanol–water partition coefficient (Wildman–Crippen LogP) is 3.60. The van der Waals surface area contributed by atoms with Gasteiger partial charge in [-0.1, -0.05) is 23.9 Å². The topological polar surface area (TPSA) is 28.5 Å². The summed E-state index contributed by atoms with van der Waals surface area (Å²) in [5.41, 5.74) is 0.819. The quantitative estimate of drug-likeness (QED) is 0.867. The van der Waals surface area contributed by atoms with Gasteiger partial charge in [-0.25, -0.2) is 13.8 Å². The van der Waals surface area contributed by atoms with Crippen LogP contribution in [0.15, 0.2) is 47.7 Å². The van der Waals surface area contributed by atoms with Crippen LogP contribution < -0.4 is 0 Å². The molecule has 6 heteroatoms. The highest BCUT2D eigenvalue weighted by molar-refractivity contribution is 8.14. The van der Waals surface area contributed by atoms with E-state index in [-0.39, 0.29) is 5.69 Å². The van der Waals surface area contributed by atoms with Gasteiger partial charge in [0.2, 0.25) is 0 Å². The van der Waals surface area contributed by atoms with E-state index in [1.54, 1.807) is 12.4 Å². The normalized spacial score (nSPS) is 16.7. The molecule has 3 rings (SSSR count). The molecule has 2 aromatic rings. The smallest absolute Gasteiger partial charge is 0.165 e. The molecule has 3 nitrogen and oxygen atoms in total. The molecule has 0 amide bonds. The first-order chi connectivity index (χ1) is 10.2. The molecule has 108 valence electrons. The van der Waals surface area contributed by atoms with Crippen molar-refractivity contribution in [2.75, 3.05) is 12.3 Å². The minimum Gasteiger partial charge on any atom is -0.346 e. The number of hydrogen-bond acceptors (Lipinski definition) is 3. The maximum Gasteiger partial charge on any atom is 0.165 e. The van der Waals surface area contributed by atoms with E-state index in [1.807, 2.05) is 17.0 Å². The van der Waals surface area contributed by atoms with E-state index >= 15 is 0 Å². The average molecular weight is 305 g/mol. The Morgan fingerprint density at radius 2 is 2.00 bits per heavy atom. The molecule has 1 saturated heterocycles. The van der Waals surface area contributed by atoms with Crippen molar-refractivity contribution in [2.45, 2.75) is 6.54 Å². The van der Waals surface area contributed by atoms with Gasteiger partial charge in [-0.3, -0.25) is 4.98 Å². The minimum absolute atomic E-state index is 0.224. The van der Waals surface area contributed by atoms with Gasteiger partial charge in [0.1, 0.15) is 5.69 Å². The minimum atomic E-state index is -0.642. The number of halogens is 2. The van der Waals surface area contributed by atoms with Gasteiger partial charge in [-0.15, -0.1) is 0 Å². The van der Waals surface area contributed by atoms with Gasteiger partial charge in [0.15, 0.2) is 16.8 Å². The highest BCUT2D eigenvalue weighted by Crippen LogP contribution is 2.27. The molecule has 21 heavy (non-hydrogen) atoms. The van der Waals surface area contributed by atoms with E-state index in [0.717, 1.165) is 17.9 Å². The predicted molar refractivity (Wildman–Crippen MR) is 80.6 cm³/mol. The van der Waals surface area contributed by atoms with Crippen LogP contribution in [0.5, 0.6) is 0 Å². The van der Waals surface area contributed by atoms with Crippen molar-refractivity contribution in [1.29, 1.82) is 0 Å². The number of para-hydroxylation sites is 1. The highest BCUT2D eigenvalue weighted by atomic mass is 32.2. The van der Waals surface area contributed by atoms with Crippen LogP contribution in [0, 0.1) is 11.6 Å². The number of aliphatic imine (C=N–C) groups is 1. The number of nitrogens with zero attached hydrogens (tertiary/aromatic N) is 3. The molecule has 1 aliphatic heterocycles. The van der Waals surface area contributed by atoms with Crippen molar-refractivity contribution in [3.8, 4) is 0 Å². The maximum atomic E-state index is 13.7. The summed E-state index contributed by atoms with van der Waals surface area (Å²) in [5, 5.41) is 0.642. The third kappa shape index (κ3) is 3.21. The van der Waals surface area contributed by atoms with Crippen LogP contribution in [0.1, 0.15) is 5.56 Å². The third-order valence-electron chi connectivity index (χ3n) is 3.10. The summed E-state index contributed by atoms with van der Waals surface area (Å²) in [6.45, 7) is 1.43. The second-order valence-corrected chi connectivity index (χ2v) is 5.66. The van der Waals surface area contributed by atoms with Crippen molar-refractivity contribution < 1.29 is 8.78 Å². The largest absolute Gasteiger partial charge is 0.346 e. The lowest BCUT2D eigenvalue weighted by molar-refractivity contribution is 0.456. The van der Waals surface area contributed by atoms with E-state index in [1.165, 1.54) is 30.0 Å². The second kappa shape index (κ2) is 6.22. The standard InChI is InChI=1S/C15H13F2N3S/c16-12-4-1-5-13(17)14(12)19-15-20(7-8-21-15)10-11-3-2-6-18-9-11/h1-6,9H,7-8,10H2. The van der Waals surface area contributed by atoms with Crippen molar-refractivity contribution in [3.63, 3.8) is 0 Å². The van der Waals surface area contributed by atoms with Crippen molar-refractivity contribution in [1.82, 2.24) is 9.88 Å². The lowest BCUT2D eigenvalue weighted by Gasteiger charge is -2.17. The molecule has 0 bridgehead atoms. The molecule has 2 heterocycles. The Balaban J connectivity index is 1.85. The van der Waals surface area contributed by atoms with Gasteiger partial charge in [0, 0.05) is 31.2 Å². The third-order valence-corrected chi connectivity index (χ3v) is 4.10. The Morgan fingerprint density at radius 3 is 2.71 bits per heavy atom. The lowest BCUT2D eigenvalue weighted by Crippen LogP contribution is -2.23. The summed E-state index contributed by atoms with van der Waals surface area (Å²) in [5.74, 6) is -0.428. The van der Waals surface area contributed by atoms with Crippen LogP contribution in [0.25, 0.3) is 0 Å². The summed E-state index contributed by atoms with van der Waals surface area (Å²) in [6, 6.07) is 7.60. The zero-order valence-electron chi connectivity index (χ0n) is 11.2. The molecule has 0 saturated carbocycles. The monoisotopic (exact) mass is 305 g/mol. The molecule has 0 spiro atoms. The van der Waals surface area contributed by atoms with Crippen LogP contribution in [-0.4, -0.2) is 27.3 Å². The molecule has 1 aliphatic rings. The van der Waals surface area contributed by atoms with Crippen LogP contribution in [0.3, 0.4) is 0 Å². The van der Waals surface area contributed by atoms with Crippen LogP contribution in [0.4, 0.5) is 14.5 Å². The molecule has 1 fully saturated rings. The van der Waals surface area contributed by atoms with Gasteiger partial charge in [-0.05, 0) is 23.8 Å². The van der Waals surface area contributed by atoms with Gasteiger partial charge in [0.25, 0.3) is 0 Å². The van der Waals surface area contributed by atoms with Crippen LogP contribution in [-0.2, 0) is 6.54 Å². The SMILES string of the molecule is Fc1cccc(F)c1N=C1SCCN1Cc1cccnc1. The summed E-state index contributed by atoms with van der Waals surface area (Å²) in [7, 11) is 0. The molecule has 0 radical (unpaired) electrons. The fraction of sp³-hybridized carbons (Fsp3) is 0.200. The summed E-state index contributed by atoms with van der Waals surface area (Å²) < 4.78 is 27.3. The average Bonchev–Trinajstić information content (AvgIpc) is 2.91. The van der Waals surface area contributed by atoms with E-state index in [9.17, 15) is 8.78 Å². The van der Waals surface area contributed by atoms with Crippen molar-refractivity contribution in [2.24, 2.45) is 4.99 Å². The molecule has 0 N–H and O–H groups in total. The number of rotatable bonds is 3. The van der Waals surface area contributed by atoms with Crippen molar-refractivity contribution in [3.05, 3.63) is 59.9 Å². The first-order valence-corrected chi connectivity index (χ1v) is 7.52.